The van der Waals surface area contributed by atoms with Crippen LogP contribution in [-0.4, -0.2) is 72.9 Å². The number of amides is 3. The van der Waals surface area contributed by atoms with E-state index >= 15 is 0 Å². The highest BCUT2D eigenvalue weighted by atomic mass is 19.1. The van der Waals surface area contributed by atoms with Gasteiger partial charge in [-0.3, -0.25) is 14.4 Å². The van der Waals surface area contributed by atoms with Crippen molar-refractivity contribution in [3.05, 3.63) is 47.5 Å². The van der Waals surface area contributed by atoms with E-state index in [1.165, 1.54) is 17.9 Å². The summed E-state index contributed by atoms with van der Waals surface area (Å²) in [4.78, 5) is 63.5. The molecule has 0 spiro atoms. The van der Waals surface area contributed by atoms with Crippen LogP contribution in [0.4, 0.5) is 8.78 Å². The highest BCUT2D eigenvalue weighted by Gasteiger charge is 2.35. The Bertz CT molecular complexity index is 1040. The summed E-state index contributed by atoms with van der Waals surface area (Å²) < 4.78 is 37.4. The quantitative estimate of drug-likeness (QED) is 0.306. The number of methoxy groups -OCH3 is 1. The van der Waals surface area contributed by atoms with Crippen molar-refractivity contribution < 1.29 is 42.2 Å². The summed E-state index contributed by atoms with van der Waals surface area (Å²) in [7, 11) is 1.07. The minimum atomic E-state index is -1.44. The van der Waals surface area contributed by atoms with Crippen LogP contribution in [0.3, 0.4) is 0 Å². The van der Waals surface area contributed by atoms with Gasteiger partial charge in [-0.2, -0.15) is 0 Å². The van der Waals surface area contributed by atoms with Crippen molar-refractivity contribution in [2.45, 2.75) is 64.1 Å². The average Bonchev–Trinajstić information content (AvgIpc) is 3.35. The molecule has 1 aromatic carbocycles. The molecule has 1 aliphatic rings. The van der Waals surface area contributed by atoms with Crippen LogP contribution in [0.25, 0.3) is 0 Å². The first-order valence-corrected chi connectivity index (χ1v) is 12.3. The third-order valence-electron chi connectivity index (χ3n) is 5.84. The maximum atomic E-state index is 13.7. The van der Waals surface area contributed by atoms with E-state index in [0.717, 1.165) is 25.7 Å². The molecule has 0 saturated carbocycles. The minimum Gasteiger partial charge on any atom is -0.467 e. The number of ether oxygens (including phenoxy) is 2. The van der Waals surface area contributed by atoms with Crippen molar-refractivity contribution in [1.82, 2.24) is 15.5 Å². The number of likely N-dealkylation sites (tertiary alicyclic amines) is 1. The van der Waals surface area contributed by atoms with Crippen LogP contribution in [0, 0.1) is 11.6 Å². The highest BCUT2D eigenvalue weighted by molar-refractivity contribution is 5.94. The Balaban J connectivity index is 2.16. The van der Waals surface area contributed by atoms with Gasteiger partial charge in [0.05, 0.1) is 7.11 Å². The van der Waals surface area contributed by atoms with Gasteiger partial charge < -0.3 is 25.0 Å². The first-order chi connectivity index (χ1) is 18.0. The summed E-state index contributed by atoms with van der Waals surface area (Å²) in [5, 5.41) is 4.84. The molecule has 0 aliphatic carbocycles. The summed E-state index contributed by atoms with van der Waals surface area (Å²) in [6, 6.07) is -0.867. The van der Waals surface area contributed by atoms with Crippen LogP contribution in [-0.2, 0) is 39.9 Å². The van der Waals surface area contributed by atoms with Crippen molar-refractivity contribution in [2.75, 3.05) is 20.3 Å². The summed E-state index contributed by atoms with van der Waals surface area (Å²) in [6.07, 6.45) is 4.98. The topological polar surface area (TPSA) is 131 Å². The monoisotopic (exact) mass is 537 g/mol. The second-order valence-electron chi connectivity index (χ2n) is 8.82. The number of unbranched alkanes of at least 4 members (excludes halogenated alkanes) is 1. The zero-order chi connectivity index (χ0) is 28.2. The number of halogens is 2. The Morgan fingerprint density at radius 2 is 1.79 bits per heavy atom. The molecule has 2 N–H and O–H groups in total. The number of carbonyl (C=O) groups is 5. The molecular weight excluding hydrogens is 504 g/mol. The molecule has 0 radical (unpaired) electrons. The molecule has 38 heavy (non-hydrogen) atoms. The van der Waals surface area contributed by atoms with Gasteiger partial charge in [0.25, 0.3) is 0 Å². The maximum absolute atomic E-state index is 13.7. The lowest BCUT2D eigenvalue weighted by Crippen LogP contribution is -2.54. The fourth-order valence-corrected chi connectivity index (χ4v) is 3.98. The lowest BCUT2D eigenvalue weighted by atomic mass is 10.0. The SMILES string of the molecule is CCC/C=C/C(=O)N[C@@H](Cc1cc(F)cc(F)c1)C(=O)N[C@@H](COC(=O)[C@@H]1CCCN1C(C)=O)C(=O)OC. The molecule has 1 fully saturated rings. The first-order valence-electron chi connectivity index (χ1n) is 12.3. The lowest BCUT2D eigenvalue weighted by Gasteiger charge is -2.24. The number of esters is 2. The van der Waals surface area contributed by atoms with Gasteiger partial charge in [-0.15, -0.1) is 0 Å². The molecule has 0 bridgehead atoms. The molecule has 0 unspecified atom stereocenters. The summed E-state index contributed by atoms with van der Waals surface area (Å²) in [6.45, 7) is 3.06. The van der Waals surface area contributed by atoms with Crippen molar-refractivity contribution in [1.29, 1.82) is 0 Å². The van der Waals surface area contributed by atoms with Crippen molar-refractivity contribution in [3.8, 4) is 0 Å². The lowest BCUT2D eigenvalue weighted by molar-refractivity contribution is -0.157. The van der Waals surface area contributed by atoms with Gasteiger partial charge in [-0.25, -0.2) is 18.4 Å². The van der Waals surface area contributed by atoms with Gasteiger partial charge in [0.2, 0.25) is 17.7 Å². The van der Waals surface area contributed by atoms with E-state index in [1.807, 2.05) is 6.92 Å². The number of benzene rings is 1. The maximum Gasteiger partial charge on any atom is 0.331 e. The number of allylic oxidation sites excluding steroid dienone is 1. The van der Waals surface area contributed by atoms with Crippen LogP contribution >= 0.6 is 0 Å². The van der Waals surface area contributed by atoms with Crippen molar-refractivity contribution >= 4 is 29.7 Å². The van der Waals surface area contributed by atoms with Gasteiger partial charge >= 0.3 is 11.9 Å². The van der Waals surface area contributed by atoms with Gasteiger partial charge in [-0.05, 0) is 43.0 Å². The number of carbonyl (C=O) groups excluding carboxylic acids is 5. The van der Waals surface area contributed by atoms with E-state index in [2.05, 4.69) is 10.6 Å². The van der Waals surface area contributed by atoms with E-state index in [1.54, 1.807) is 6.08 Å². The highest BCUT2D eigenvalue weighted by Crippen LogP contribution is 2.18. The zero-order valence-corrected chi connectivity index (χ0v) is 21.6. The third-order valence-corrected chi connectivity index (χ3v) is 5.84. The number of rotatable bonds is 12. The van der Waals surface area contributed by atoms with Crippen LogP contribution in [0.1, 0.15) is 45.1 Å². The van der Waals surface area contributed by atoms with Gasteiger partial charge in [-0.1, -0.05) is 19.4 Å². The van der Waals surface area contributed by atoms with Crippen LogP contribution in [0.15, 0.2) is 30.4 Å². The summed E-state index contributed by atoms with van der Waals surface area (Å²) in [5.74, 6) is -5.17. The van der Waals surface area contributed by atoms with E-state index in [-0.39, 0.29) is 17.9 Å². The molecule has 1 aromatic rings. The Morgan fingerprint density at radius 3 is 2.39 bits per heavy atom. The smallest absolute Gasteiger partial charge is 0.331 e. The molecule has 208 valence electrons. The zero-order valence-electron chi connectivity index (χ0n) is 21.6. The molecule has 3 amide bonds. The average molecular weight is 538 g/mol. The Kier molecular flexibility index (Phi) is 11.8. The Morgan fingerprint density at radius 1 is 1.11 bits per heavy atom. The summed E-state index contributed by atoms with van der Waals surface area (Å²) >= 11 is 0. The molecule has 1 aliphatic heterocycles. The number of nitrogens with zero attached hydrogens (tertiary/aromatic N) is 1. The molecule has 1 saturated heterocycles. The standard InChI is InChI=1S/C26H33F2N3O7/c1-4-5-6-9-23(33)29-20(13-17-11-18(27)14-19(28)12-17)24(34)30-21(25(35)37-3)15-38-26(36)22-8-7-10-31(22)16(2)32/h6,9,11-12,14,20-22H,4-5,7-8,10,13,15H2,1-3H3,(H,29,33)(H,30,34)/b9-6+/t20-,21-,22-/m0/s1. The molecule has 1 heterocycles. The molecule has 2 rings (SSSR count). The number of hydrogen-bond donors (Lipinski definition) is 2. The van der Waals surface area contributed by atoms with Gasteiger partial charge in [0.15, 0.2) is 6.04 Å². The van der Waals surface area contributed by atoms with Crippen molar-refractivity contribution in [2.24, 2.45) is 0 Å². The number of nitrogens with one attached hydrogen (secondary N) is 2. The predicted octanol–water partition coefficient (Wildman–Crippen LogP) is 1.56. The van der Waals surface area contributed by atoms with E-state index in [4.69, 9.17) is 9.47 Å². The molecular formula is C26H33F2N3O7. The Labute approximate surface area is 219 Å². The molecule has 0 aromatic heterocycles. The summed E-state index contributed by atoms with van der Waals surface area (Å²) in [5.41, 5.74) is 0.0899. The second-order valence-corrected chi connectivity index (χ2v) is 8.82. The van der Waals surface area contributed by atoms with Gasteiger partial charge in [0.1, 0.15) is 30.3 Å². The fourth-order valence-electron chi connectivity index (χ4n) is 3.98. The largest absolute Gasteiger partial charge is 0.467 e. The minimum absolute atomic E-state index is 0.0899. The van der Waals surface area contributed by atoms with E-state index in [9.17, 15) is 32.8 Å². The molecule has 3 atom stereocenters. The van der Waals surface area contributed by atoms with E-state index < -0.39 is 60.1 Å². The first kappa shape index (κ1) is 30.4. The van der Waals surface area contributed by atoms with Crippen LogP contribution in [0.5, 0.6) is 0 Å². The second kappa shape index (κ2) is 14.8. The Hall–Kier alpha value is -3.83. The predicted molar refractivity (Wildman–Crippen MR) is 131 cm³/mol. The van der Waals surface area contributed by atoms with Gasteiger partial charge in [0, 0.05) is 26.0 Å². The van der Waals surface area contributed by atoms with Crippen molar-refractivity contribution in [3.63, 3.8) is 0 Å². The normalized spacial score (nSPS) is 16.6. The van der Waals surface area contributed by atoms with Crippen LogP contribution < -0.4 is 10.6 Å². The molecule has 10 nitrogen and oxygen atoms in total. The fraction of sp³-hybridized carbons (Fsp3) is 0.500. The van der Waals surface area contributed by atoms with E-state index in [0.29, 0.717) is 31.9 Å². The number of hydrogen-bond acceptors (Lipinski definition) is 7. The molecule has 12 heteroatoms. The van der Waals surface area contributed by atoms with Crippen LogP contribution in [0.2, 0.25) is 0 Å². The third kappa shape index (κ3) is 9.24.